The van der Waals surface area contributed by atoms with Gasteiger partial charge in [0.15, 0.2) is 5.79 Å². The van der Waals surface area contributed by atoms with Crippen LogP contribution in [0, 0.1) is 52.3 Å². The van der Waals surface area contributed by atoms with E-state index in [2.05, 4.69) is 42.8 Å². The van der Waals surface area contributed by atoms with Crippen molar-refractivity contribution < 1.29 is 23.5 Å². The molecule has 9 heteroatoms. The van der Waals surface area contributed by atoms with Gasteiger partial charge in [0.25, 0.3) is 0 Å². The van der Waals surface area contributed by atoms with E-state index in [4.69, 9.17) is 9.47 Å². The fraction of sp³-hybridized carbons (Fsp3) is 0.951. The van der Waals surface area contributed by atoms with Crippen LogP contribution in [-0.2, 0) is 19.1 Å². The molecule has 0 aromatic carbocycles. The van der Waals surface area contributed by atoms with E-state index in [0.717, 1.165) is 82.6 Å². The fourth-order valence-electron chi connectivity index (χ4n) is 13.9. The monoisotopic (exact) mass is 699 g/mol. The number of hydrogen-bond donors (Lipinski definition) is 1. The Morgan fingerprint density at radius 1 is 0.840 bits per heavy atom. The van der Waals surface area contributed by atoms with E-state index in [1.807, 2.05) is 4.90 Å². The van der Waals surface area contributed by atoms with Crippen molar-refractivity contribution in [1.29, 1.82) is 0 Å². The molecule has 8 aliphatic rings. The average Bonchev–Trinajstić information content (AvgIpc) is 3.56. The summed E-state index contributed by atoms with van der Waals surface area (Å²) < 4.78 is 26.3. The molecule has 0 aromatic heterocycles. The van der Waals surface area contributed by atoms with Gasteiger partial charge in [-0.1, -0.05) is 27.7 Å². The van der Waals surface area contributed by atoms with Crippen LogP contribution in [0.3, 0.4) is 0 Å². The van der Waals surface area contributed by atoms with Crippen LogP contribution in [0.25, 0.3) is 0 Å². The van der Waals surface area contributed by atoms with Crippen LogP contribution in [0.2, 0.25) is 0 Å². The number of rotatable bonds is 6. The highest BCUT2D eigenvalue weighted by atomic mass is 19.1. The zero-order valence-corrected chi connectivity index (χ0v) is 31.7. The van der Waals surface area contributed by atoms with E-state index in [0.29, 0.717) is 66.3 Å². The van der Waals surface area contributed by atoms with Crippen molar-refractivity contribution in [3.63, 3.8) is 0 Å². The van der Waals surface area contributed by atoms with E-state index in [9.17, 15) is 14.0 Å². The minimum absolute atomic E-state index is 0.0264. The fourth-order valence-corrected chi connectivity index (χ4v) is 13.9. The maximum atomic E-state index is 13.2. The molecule has 4 unspecified atom stereocenters. The molecule has 0 aromatic rings. The summed E-state index contributed by atoms with van der Waals surface area (Å²) in [6.07, 6.45) is 14.5. The zero-order valence-electron chi connectivity index (χ0n) is 31.7. The number of nitrogens with one attached hydrogen (secondary N) is 1. The minimum atomic E-state index is -0.338. The Morgan fingerprint density at radius 2 is 1.60 bits per heavy atom. The van der Waals surface area contributed by atoms with Crippen molar-refractivity contribution in [3.8, 4) is 0 Å². The molecule has 8 nitrogen and oxygen atoms in total. The molecular formula is C41H67FN4O4. The summed E-state index contributed by atoms with van der Waals surface area (Å²) >= 11 is 0. The first-order chi connectivity index (χ1) is 24.0. The van der Waals surface area contributed by atoms with Gasteiger partial charge in [-0.15, -0.1) is 0 Å². The number of nitrogens with zero attached hydrogens (tertiary/aromatic N) is 3. The molecule has 8 rings (SSSR count). The van der Waals surface area contributed by atoms with Crippen LogP contribution in [-0.4, -0.2) is 110 Å². The van der Waals surface area contributed by atoms with Crippen LogP contribution >= 0.6 is 0 Å². The predicted molar refractivity (Wildman–Crippen MR) is 192 cm³/mol. The van der Waals surface area contributed by atoms with Crippen molar-refractivity contribution >= 4 is 11.8 Å². The summed E-state index contributed by atoms with van der Waals surface area (Å²) in [6, 6.07) is 0.716. The van der Waals surface area contributed by atoms with Gasteiger partial charge in [-0.05, 0) is 130 Å². The first kappa shape index (κ1) is 35.7. The lowest BCUT2D eigenvalue weighted by Crippen LogP contribution is -2.56. The van der Waals surface area contributed by atoms with Crippen LogP contribution < -0.4 is 5.32 Å². The lowest BCUT2D eigenvalue weighted by atomic mass is 9.44. The Morgan fingerprint density at radius 3 is 2.32 bits per heavy atom. The SMILES string of the molecule is C[C@@H]1CC[C@@]2(OC1)OC1C[C@H]3[C@@H]4CCC5C[C@@H](NC(=O)CC(=O)N6CCN(C7CCN(CCF)CC7)CC6)CC[C@]5(C)C4CC[C@]3(C)C1[C@@H]2C. The highest BCUT2D eigenvalue weighted by Gasteiger charge is 2.69. The number of likely N-dealkylation sites (tertiary alicyclic amines) is 1. The van der Waals surface area contributed by atoms with Gasteiger partial charge in [0.05, 0.1) is 12.7 Å². The van der Waals surface area contributed by atoms with Gasteiger partial charge >= 0.3 is 0 Å². The normalized spacial score (nSPS) is 47.0. The number of fused-ring (bicyclic) bond motifs is 7. The van der Waals surface area contributed by atoms with Crippen molar-refractivity contribution in [3.05, 3.63) is 0 Å². The molecule has 282 valence electrons. The number of carbonyl (C=O) groups excluding carboxylic acids is 2. The summed E-state index contributed by atoms with van der Waals surface area (Å²) in [5.41, 5.74) is 0.697. The summed E-state index contributed by atoms with van der Waals surface area (Å²) in [5, 5.41) is 3.34. The Bertz CT molecular complexity index is 1240. The Kier molecular flexibility index (Phi) is 9.89. The number of halogens is 1. The van der Waals surface area contributed by atoms with E-state index in [1.54, 1.807) is 0 Å². The van der Waals surface area contributed by atoms with Gasteiger partial charge in [0.2, 0.25) is 11.8 Å². The first-order valence-corrected chi connectivity index (χ1v) is 20.9. The number of alkyl halides is 1. The first-order valence-electron chi connectivity index (χ1n) is 20.9. The van der Waals surface area contributed by atoms with Crippen LogP contribution in [0.5, 0.6) is 0 Å². The smallest absolute Gasteiger partial charge is 0.232 e. The third kappa shape index (κ3) is 6.18. The Labute approximate surface area is 301 Å². The molecule has 4 saturated heterocycles. The molecule has 2 amide bonds. The second-order valence-corrected chi connectivity index (χ2v) is 19.1. The molecule has 0 bridgehead atoms. The standard InChI is InChI=1S/C41H67FN4O4/c1-27-7-14-41(49-26-27)28(2)38-35(50-41)24-34-32-6-5-29-23-30(8-12-39(29,3)33(32)9-13-40(34,38)4)43-36(47)25-37(48)46-21-19-45(20-22-46)31-10-16-44(17-11-31)18-15-42/h27-35,38H,5-26H2,1-4H3,(H,43,47)/t27-,28+,29?,30+,32-,33?,34+,35?,38?,39+,40+,41-/m1/s1. The van der Waals surface area contributed by atoms with E-state index >= 15 is 0 Å². The van der Waals surface area contributed by atoms with Crippen LogP contribution in [0.4, 0.5) is 4.39 Å². The van der Waals surface area contributed by atoms with Gasteiger partial charge in [0, 0.05) is 57.1 Å². The van der Waals surface area contributed by atoms with E-state index < -0.39 is 0 Å². The van der Waals surface area contributed by atoms with Crippen molar-refractivity contribution in [1.82, 2.24) is 20.0 Å². The van der Waals surface area contributed by atoms with Crippen molar-refractivity contribution in [2.75, 3.05) is 59.1 Å². The maximum Gasteiger partial charge on any atom is 0.232 e. The highest BCUT2D eigenvalue weighted by Crippen LogP contribution is 2.71. The molecule has 4 saturated carbocycles. The summed E-state index contributed by atoms with van der Waals surface area (Å²) in [5.74, 6) is 4.23. The predicted octanol–water partition coefficient (Wildman–Crippen LogP) is 5.89. The number of piperidine rings is 1. The van der Waals surface area contributed by atoms with Gasteiger partial charge in [-0.25, -0.2) is 4.39 Å². The number of hydrogen-bond acceptors (Lipinski definition) is 6. The Hall–Kier alpha value is -1.29. The number of piperazine rings is 1. The van der Waals surface area contributed by atoms with Crippen molar-refractivity contribution in [2.45, 2.75) is 135 Å². The number of carbonyl (C=O) groups is 2. The topological polar surface area (TPSA) is 74.3 Å². The Balaban J connectivity index is 0.812. The largest absolute Gasteiger partial charge is 0.353 e. The number of amides is 2. The molecular weight excluding hydrogens is 631 g/mol. The molecule has 1 N–H and O–H groups in total. The van der Waals surface area contributed by atoms with E-state index in [-0.39, 0.29) is 36.7 Å². The maximum absolute atomic E-state index is 13.2. The lowest BCUT2D eigenvalue weighted by molar-refractivity contribution is -0.273. The van der Waals surface area contributed by atoms with Gasteiger partial charge < -0.3 is 24.6 Å². The third-order valence-electron chi connectivity index (χ3n) is 16.8. The van der Waals surface area contributed by atoms with Crippen LogP contribution in [0.15, 0.2) is 0 Å². The molecule has 50 heavy (non-hydrogen) atoms. The lowest BCUT2D eigenvalue weighted by Gasteiger charge is -2.61. The molecule has 0 radical (unpaired) electrons. The third-order valence-corrected chi connectivity index (χ3v) is 16.8. The summed E-state index contributed by atoms with van der Waals surface area (Å²) in [4.78, 5) is 33.0. The van der Waals surface area contributed by atoms with Crippen LogP contribution in [0.1, 0.15) is 111 Å². The molecule has 12 atom stereocenters. The number of ether oxygens (including phenoxy) is 2. The van der Waals surface area contributed by atoms with Crippen molar-refractivity contribution in [2.24, 2.45) is 52.3 Å². The summed E-state index contributed by atoms with van der Waals surface area (Å²) in [7, 11) is 0. The van der Waals surface area contributed by atoms with Gasteiger partial charge in [0.1, 0.15) is 13.1 Å². The second kappa shape index (κ2) is 13.8. The average molecular weight is 699 g/mol. The second-order valence-electron chi connectivity index (χ2n) is 19.1. The molecule has 1 spiro atoms. The molecule has 4 heterocycles. The quantitative estimate of drug-likeness (QED) is 0.349. The molecule has 4 aliphatic carbocycles. The van der Waals surface area contributed by atoms with Gasteiger partial charge in [-0.2, -0.15) is 0 Å². The van der Waals surface area contributed by atoms with E-state index in [1.165, 1.54) is 44.9 Å². The molecule has 4 aliphatic heterocycles. The molecule has 8 fully saturated rings. The summed E-state index contributed by atoms with van der Waals surface area (Å²) in [6.45, 7) is 16.2. The van der Waals surface area contributed by atoms with Gasteiger partial charge in [-0.3, -0.25) is 14.5 Å². The minimum Gasteiger partial charge on any atom is -0.353 e. The zero-order chi connectivity index (χ0) is 34.8. The highest BCUT2D eigenvalue weighted by molar-refractivity contribution is 5.97.